The maximum atomic E-state index is 10.5. The second-order valence-corrected chi connectivity index (χ2v) is 3.40. The van der Waals surface area contributed by atoms with Gasteiger partial charge >= 0.3 is 0 Å². The van der Waals surface area contributed by atoms with E-state index in [4.69, 9.17) is 0 Å². The minimum atomic E-state index is 0.163. The molecule has 1 heterocycles. The summed E-state index contributed by atoms with van der Waals surface area (Å²) in [7, 11) is 0. The molecule has 0 fully saturated rings. The van der Waals surface area contributed by atoms with Crippen molar-refractivity contribution in [2.75, 3.05) is 5.75 Å². The van der Waals surface area contributed by atoms with E-state index in [1.165, 1.54) is 11.8 Å². The maximum Gasteiger partial charge on any atom is 0.185 e. The van der Waals surface area contributed by atoms with Crippen LogP contribution in [0.5, 0.6) is 0 Å². The maximum absolute atomic E-state index is 10.5. The third-order valence-corrected chi connectivity index (χ3v) is 2.01. The minimum Gasteiger partial charge on any atom is -0.349 e. The van der Waals surface area contributed by atoms with Crippen molar-refractivity contribution in [2.24, 2.45) is 0 Å². The lowest BCUT2D eigenvalue weighted by Crippen LogP contribution is -1.93. The second-order valence-electron chi connectivity index (χ2n) is 2.13. The highest BCUT2D eigenvalue weighted by molar-refractivity contribution is 8.13. The number of hydrogen-bond donors (Lipinski definition) is 1. The molecule has 0 radical (unpaired) electrons. The molecule has 4 heteroatoms. The van der Waals surface area contributed by atoms with Crippen molar-refractivity contribution in [2.45, 2.75) is 13.3 Å². The van der Waals surface area contributed by atoms with E-state index < -0.39 is 0 Å². The first-order valence-electron chi connectivity index (χ1n) is 3.40. The SMILES string of the molecule is CC(=O)SCCc1ncc[nH]1. The quantitative estimate of drug-likeness (QED) is 0.742. The monoisotopic (exact) mass is 170 g/mol. The van der Waals surface area contributed by atoms with Crippen molar-refractivity contribution in [3.8, 4) is 0 Å². The molecule has 0 amide bonds. The summed E-state index contributed by atoms with van der Waals surface area (Å²) < 4.78 is 0. The number of imidazole rings is 1. The van der Waals surface area contributed by atoms with Crippen LogP contribution in [0.25, 0.3) is 0 Å². The van der Waals surface area contributed by atoms with Gasteiger partial charge in [-0.2, -0.15) is 0 Å². The van der Waals surface area contributed by atoms with Crippen molar-refractivity contribution in [3.63, 3.8) is 0 Å². The molecular formula is C7H10N2OS. The van der Waals surface area contributed by atoms with E-state index in [-0.39, 0.29) is 5.12 Å². The van der Waals surface area contributed by atoms with Gasteiger partial charge in [0.15, 0.2) is 5.12 Å². The molecule has 0 saturated heterocycles. The molecular weight excluding hydrogens is 160 g/mol. The standard InChI is InChI=1S/C7H10N2OS/c1-6(10)11-5-2-7-8-3-4-9-7/h3-4H,2,5H2,1H3,(H,8,9). The molecule has 1 aromatic heterocycles. The van der Waals surface area contributed by atoms with Crippen LogP contribution < -0.4 is 0 Å². The summed E-state index contributed by atoms with van der Waals surface area (Å²) in [5.41, 5.74) is 0. The van der Waals surface area contributed by atoms with Gasteiger partial charge in [-0.1, -0.05) is 11.8 Å². The Bertz CT molecular complexity index is 220. The number of aromatic amines is 1. The van der Waals surface area contributed by atoms with Crippen molar-refractivity contribution < 1.29 is 4.79 Å². The molecule has 0 aliphatic rings. The zero-order valence-corrected chi connectivity index (χ0v) is 7.15. The van der Waals surface area contributed by atoms with Crippen molar-refractivity contribution in [1.29, 1.82) is 0 Å². The zero-order chi connectivity index (χ0) is 8.10. The van der Waals surface area contributed by atoms with Gasteiger partial charge < -0.3 is 4.98 Å². The Morgan fingerprint density at radius 3 is 3.18 bits per heavy atom. The number of carbonyl (C=O) groups is 1. The second kappa shape index (κ2) is 4.18. The molecule has 60 valence electrons. The number of thioether (sulfide) groups is 1. The molecule has 0 spiro atoms. The van der Waals surface area contributed by atoms with Crippen LogP contribution >= 0.6 is 11.8 Å². The molecule has 0 atom stereocenters. The Morgan fingerprint density at radius 2 is 2.64 bits per heavy atom. The average molecular weight is 170 g/mol. The van der Waals surface area contributed by atoms with Crippen LogP contribution in [0.3, 0.4) is 0 Å². The van der Waals surface area contributed by atoms with Crippen molar-refractivity contribution >= 4 is 16.9 Å². The molecule has 0 aliphatic heterocycles. The van der Waals surface area contributed by atoms with Gasteiger partial charge in [-0.3, -0.25) is 4.79 Å². The fraction of sp³-hybridized carbons (Fsp3) is 0.429. The molecule has 1 N–H and O–H groups in total. The van der Waals surface area contributed by atoms with Gasteiger partial charge in [0.25, 0.3) is 0 Å². The summed E-state index contributed by atoms with van der Waals surface area (Å²) >= 11 is 1.33. The molecule has 1 aromatic rings. The topological polar surface area (TPSA) is 45.8 Å². The lowest BCUT2D eigenvalue weighted by atomic mass is 10.5. The summed E-state index contributed by atoms with van der Waals surface area (Å²) in [4.78, 5) is 17.5. The number of aryl methyl sites for hydroxylation is 1. The summed E-state index contributed by atoms with van der Waals surface area (Å²) in [6.07, 6.45) is 4.33. The van der Waals surface area contributed by atoms with E-state index in [2.05, 4.69) is 9.97 Å². The van der Waals surface area contributed by atoms with Gasteiger partial charge in [-0.05, 0) is 0 Å². The Labute approximate surface area is 69.6 Å². The average Bonchev–Trinajstić information content (AvgIpc) is 2.39. The third-order valence-electron chi connectivity index (χ3n) is 1.20. The van der Waals surface area contributed by atoms with E-state index in [0.29, 0.717) is 0 Å². The van der Waals surface area contributed by atoms with Gasteiger partial charge in [-0.15, -0.1) is 0 Å². The van der Waals surface area contributed by atoms with E-state index in [1.54, 1.807) is 19.3 Å². The normalized spacial score (nSPS) is 9.91. The Hall–Kier alpha value is -0.770. The van der Waals surface area contributed by atoms with Crippen LogP contribution in [0, 0.1) is 0 Å². The smallest absolute Gasteiger partial charge is 0.185 e. The molecule has 0 aliphatic carbocycles. The fourth-order valence-corrected chi connectivity index (χ4v) is 1.31. The third kappa shape index (κ3) is 3.23. The molecule has 0 bridgehead atoms. The largest absolute Gasteiger partial charge is 0.349 e. The van der Waals surface area contributed by atoms with Gasteiger partial charge in [0.2, 0.25) is 0 Å². The Kier molecular flexibility index (Phi) is 3.16. The number of nitrogens with zero attached hydrogens (tertiary/aromatic N) is 1. The first-order chi connectivity index (χ1) is 5.29. The van der Waals surface area contributed by atoms with E-state index in [9.17, 15) is 4.79 Å². The van der Waals surface area contributed by atoms with Crippen LogP contribution in [-0.2, 0) is 11.2 Å². The summed E-state index contributed by atoms with van der Waals surface area (Å²) in [5.74, 6) is 1.75. The summed E-state index contributed by atoms with van der Waals surface area (Å²) in [6.45, 7) is 1.58. The Morgan fingerprint density at radius 1 is 1.82 bits per heavy atom. The van der Waals surface area contributed by atoms with Crippen LogP contribution in [0.2, 0.25) is 0 Å². The number of H-pyrrole nitrogens is 1. The van der Waals surface area contributed by atoms with Gasteiger partial charge in [-0.25, -0.2) is 4.98 Å². The van der Waals surface area contributed by atoms with E-state index >= 15 is 0 Å². The number of carbonyl (C=O) groups excluding carboxylic acids is 1. The fourth-order valence-electron chi connectivity index (χ4n) is 0.726. The Balaban J connectivity index is 2.19. The van der Waals surface area contributed by atoms with Crippen molar-refractivity contribution in [3.05, 3.63) is 18.2 Å². The van der Waals surface area contributed by atoms with E-state index in [1.807, 2.05) is 0 Å². The first-order valence-corrected chi connectivity index (χ1v) is 4.39. The highest BCUT2D eigenvalue weighted by atomic mass is 32.2. The summed E-state index contributed by atoms with van der Waals surface area (Å²) in [6, 6.07) is 0. The molecule has 1 rings (SSSR count). The molecule has 0 unspecified atom stereocenters. The zero-order valence-electron chi connectivity index (χ0n) is 6.33. The number of rotatable bonds is 3. The molecule has 3 nitrogen and oxygen atoms in total. The van der Waals surface area contributed by atoms with Crippen LogP contribution in [0.4, 0.5) is 0 Å². The summed E-state index contributed by atoms with van der Waals surface area (Å²) in [5, 5.41) is 0.163. The van der Waals surface area contributed by atoms with Crippen LogP contribution in [-0.4, -0.2) is 20.8 Å². The molecule has 11 heavy (non-hydrogen) atoms. The number of nitrogens with one attached hydrogen (secondary N) is 1. The lowest BCUT2D eigenvalue weighted by Gasteiger charge is -1.92. The lowest BCUT2D eigenvalue weighted by molar-refractivity contribution is -0.109. The highest BCUT2D eigenvalue weighted by Gasteiger charge is 1.96. The number of aromatic nitrogens is 2. The predicted molar refractivity (Wildman–Crippen MR) is 45.4 cm³/mol. The van der Waals surface area contributed by atoms with Crippen molar-refractivity contribution in [1.82, 2.24) is 9.97 Å². The van der Waals surface area contributed by atoms with Gasteiger partial charge in [0.05, 0.1) is 0 Å². The van der Waals surface area contributed by atoms with Gasteiger partial charge in [0, 0.05) is 31.5 Å². The molecule has 0 aromatic carbocycles. The van der Waals surface area contributed by atoms with Crippen LogP contribution in [0.1, 0.15) is 12.7 Å². The molecule has 0 saturated carbocycles. The minimum absolute atomic E-state index is 0.163. The highest BCUT2D eigenvalue weighted by Crippen LogP contribution is 2.03. The van der Waals surface area contributed by atoms with Crippen LogP contribution in [0.15, 0.2) is 12.4 Å². The van der Waals surface area contributed by atoms with E-state index in [0.717, 1.165) is 18.0 Å². The number of hydrogen-bond acceptors (Lipinski definition) is 3. The predicted octanol–water partition coefficient (Wildman–Crippen LogP) is 1.23. The first kappa shape index (κ1) is 8.33. The van der Waals surface area contributed by atoms with Gasteiger partial charge in [0.1, 0.15) is 5.82 Å².